The lowest BCUT2D eigenvalue weighted by molar-refractivity contribution is -0.136. The highest BCUT2D eigenvalue weighted by molar-refractivity contribution is 6.32. The number of carbonyl (C=O) groups is 1. The maximum atomic E-state index is 13.2. The molecule has 1 N–H and O–H groups in total. The van der Waals surface area contributed by atoms with Crippen LogP contribution in [0.15, 0.2) is 42.5 Å². The van der Waals surface area contributed by atoms with Crippen molar-refractivity contribution < 1.29 is 18.0 Å². The summed E-state index contributed by atoms with van der Waals surface area (Å²) in [5.41, 5.74) is -0.347. The molecule has 0 unspecified atom stereocenters. The molecule has 0 spiro atoms. The van der Waals surface area contributed by atoms with E-state index in [1.54, 1.807) is 24.3 Å². The Morgan fingerprint density at radius 3 is 2.36 bits per heavy atom. The first-order valence-corrected chi connectivity index (χ1v) is 7.55. The van der Waals surface area contributed by atoms with Crippen molar-refractivity contribution in [3.8, 4) is 11.3 Å². The number of nitrogens with one attached hydrogen (secondary N) is 1. The van der Waals surface area contributed by atoms with Crippen LogP contribution in [0.5, 0.6) is 0 Å². The Balaban J connectivity index is 2.28. The van der Waals surface area contributed by atoms with E-state index in [2.05, 4.69) is 15.3 Å². The molecule has 0 radical (unpaired) electrons. The van der Waals surface area contributed by atoms with Crippen LogP contribution in [-0.4, -0.2) is 15.9 Å². The number of alkyl halides is 3. The number of hydrogen-bond donors (Lipinski definition) is 1. The zero-order valence-electron chi connectivity index (χ0n) is 12.9. The number of fused-ring (bicyclic) bond motifs is 1. The molecule has 0 aliphatic carbocycles. The van der Waals surface area contributed by atoms with Crippen LogP contribution in [0.3, 0.4) is 0 Å². The Bertz CT molecular complexity index is 959. The van der Waals surface area contributed by atoms with E-state index >= 15 is 0 Å². The number of hydrogen-bond acceptors (Lipinski definition) is 3. The minimum Gasteiger partial charge on any atom is -0.324 e. The van der Waals surface area contributed by atoms with E-state index in [1.807, 2.05) is 6.07 Å². The standard InChI is InChI=1S/C17H11ClF3N3O/c1-9(25)22-14-11(17(19,20)21)7-8-12-15(14)24-16(18)13(23-12)10-5-3-2-4-6-10/h2-8H,1H3,(H,22,25). The summed E-state index contributed by atoms with van der Waals surface area (Å²) >= 11 is 6.15. The summed E-state index contributed by atoms with van der Waals surface area (Å²) in [6.07, 6.45) is -4.65. The highest BCUT2D eigenvalue weighted by Gasteiger charge is 2.35. The van der Waals surface area contributed by atoms with Crippen molar-refractivity contribution in [1.82, 2.24) is 9.97 Å². The Kier molecular flexibility index (Phi) is 4.34. The number of carbonyl (C=O) groups excluding carboxylic acids is 1. The second kappa shape index (κ2) is 6.33. The molecule has 1 amide bonds. The zero-order chi connectivity index (χ0) is 18.2. The van der Waals surface area contributed by atoms with Crippen LogP contribution in [0.4, 0.5) is 18.9 Å². The summed E-state index contributed by atoms with van der Waals surface area (Å²) in [6, 6.07) is 11.0. The van der Waals surface area contributed by atoms with E-state index in [0.717, 1.165) is 13.0 Å². The predicted molar refractivity (Wildman–Crippen MR) is 89.3 cm³/mol. The predicted octanol–water partition coefficient (Wildman–Crippen LogP) is 4.93. The molecule has 3 aromatic rings. The second-order valence-corrected chi connectivity index (χ2v) is 5.62. The lowest BCUT2D eigenvalue weighted by Gasteiger charge is -2.15. The van der Waals surface area contributed by atoms with Gasteiger partial charge in [0.05, 0.1) is 16.8 Å². The first kappa shape index (κ1) is 17.2. The average Bonchev–Trinajstić information content (AvgIpc) is 2.54. The molecule has 0 aliphatic rings. The molecule has 2 aromatic carbocycles. The fourth-order valence-electron chi connectivity index (χ4n) is 2.42. The molecule has 0 saturated heterocycles. The Morgan fingerprint density at radius 1 is 1.08 bits per heavy atom. The minimum atomic E-state index is -4.65. The van der Waals surface area contributed by atoms with E-state index in [1.165, 1.54) is 6.07 Å². The quantitative estimate of drug-likeness (QED) is 0.700. The first-order valence-electron chi connectivity index (χ1n) is 7.18. The fourth-order valence-corrected chi connectivity index (χ4v) is 2.66. The van der Waals surface area contributed by atoms with Gasteiger partial charge in [-0.1, -0.05) is 41.9 Å². The first-order chi connectivity index (χ1) is 11.8. The smallest absolute Gasteiger partial charge is 0.324 e. The van der Waals surface area contributed by atoms with Crippen LogP contribution in [0.25, 0.3) is 22.3 Å². The van der Waals surface area contributed by atoms with Gasteiger partial charge in [0.1, 0.15) is 11.2 Å². The molecular weight excluding hydrogens is 355 g/mol. The average molecular weight is 366 g/mol. The monoisotopic (exact) mass is 365 g/mol. The largest absolute Gasteiger partial charge is 0.418 e. The Hall–Kier alpha value is -2.67. The minimum absolute atomic E-state index is 0.0513. The molecule has 0 bridgehead atoms. The molecule has 1 aromatic heterocycles. The van der Waals surface area contributed by atoms with Crippen LogP contribution >= 0.6 is 11.6 Å². The molecule has 0 aliphatic heterocycles. The molecule has 1 heterocycles. The normalized spacial score (nSPS) is 11.6. The van der Waals surface area contributed by atoms with Crippen LogP contribution < -0.4 is 5.32 Å². The molecule has 4 nitrogen and oxygen atoms in total. The SMILES string of the molecule is CC(=O)Nc1c(C(F)(F)F)ccc2nc(-c3ccccc3)c(Cl)nc12. The number of benzene rings is 2. The third-order valence-electron chi connectivity index (χ3n) is 3.45. The molecule has 0 atom stereocenters. The topological polar surface area (TPSA) is 54.9 Å². The van der Waals surface area contributed by atoms with Crippen LogP contribution in [0.1, 0.15) is 12.5 Å². The maximum Gasteiger partial charge on any atom is 0.418 e. The molecule has 128 valence electrons. The van der Waals surface area contributed by atoms with Crippen molar-refractivity contribution in [2.45, 2.75) is 13.1 Å². The van der Waals surface area contributed by atoms with Crippen molar-refractivity contribution in [1.29, 1.82) is 0 Å². The summed E-state index contributed by atoms with van der Waals surface area (Å²) in [4.78, 5) is 19.7. The summed E-state index contributed by atoms with van der Waals surface area (Å²) in [7, 11) is 0. The molecule has 25 heavy (non-hydrogen) atoms. The van der Waals surface area contributed by atoms with Crippen molar-refractivity contribution in [2.75, 3.05) is 5.32 Å². The van der Waals surface area contributed by atoms with Crippen LogP contribution in [0.2, 0.25) is 5.15 Å². The van der Waals surface area contributed by atoms with Crippen molar-refractivity contribution in [3.05, 3.63) is 53.2 Å². The van der Waals surface area contributed by atoms with Crippen LogP contribution in [0, 0.1) is 0 Å². The lowest BCUT2D eigenvalue weighted by atomic mass is 10.1. The third-order valence-corrected chi connectivity index (χ3v) is 3.71. The van der Waals surface area contributed by atoms with Crippen molar-refractivity contribution in [3.63, 3.8) is 0 Å². The highest BCUT2D eigenvalue weighted by atomic mass is 35.5. The van der Waals surface area contributed by atoms with Gasteiger partial charge in [-0.05, 0) is 12.1 Å². The van der Waals surface area contributed by atoms with E-state index < -0.39 is 23.3 Å². The number of amides is 1. The molecule has 0 fully saturated rings. The molecule has 8 heteroatoms. The van der Waals surface area contributed by atoms with Gasteiger partial charge in [-0.3, -0.25) is 4.79 Å². The van der Waals surface area contributed by atoms with Gasteiger partial charge < -0.3 is 5.32 Å². The highest BCUT2D eigenvalue weighted by Crippen LogP contribution is 2.39. The van der Waals surface area contributed by atoms with E-state index in [0.29, 0.717) is 11.3 Å². The molecule has 3 rings (SSSR count). The van der Waals surface area contributed by atoms with Crippen molar-refractivity contribution >= 4 is 34.2 Å². The van der Waals surface area contributed by atoms with Gasteiger partial charge >= 0.3 is 6.18 Å². The van der Waals surface area contributed by atoms with E-state index in [9.17, 15) is 18.0 Å². The second-order valence-electron chi connectivity index (χ2n) is 5.26. The van der Waals surface area contributed by atoms with Crippen LogP contribution in [-0.2, 0) is 11.0 Å². The van der Waals surface area contributed by atoms with E-state index in [4.69, 9.17) is 11.6 Å². The van der Waals surface area contributed by atoms with Gasteiger partial charge in [0.15, 0.2) is 5.15 Å². The number of rotatable bonds is 2. The number of aromatic nitrogens is 2. The van der Waals surface area contributed by atoms with Gasteiger partial charge in [0, 0.05) is 12.5 Å². The number of halogens is 4. The van der Waals surface area contributed by atoms with Gasteiger partial charge in [-0.25, -0.2) is 9.97 Å². The summed E-state index contributed by atoms with van der Waals surface area (Å²) in [6.45, 7) is 1.12. The summed E-state index contributed by atoms with van der Waals surface area (Å²) in [5, 5.41) is 2.14. The van der Waals surface area contributed by atoms with Gasteiger partial charge in [0.2, 0.25) is 5.91 Å². The van der Waals surface area contributed by atoms with E-state index in [-0.39, 0.29) is 16.2 Å². The van der Waals surface area contributed by atoms with Gasteiger partial charge in [-0.15, -0.1) is 0 Å². The van der Waals surface area contributed by atoms with Gasteiger partial charge in [-0.2, -0.15) is 13.2 Å². The Morgan fingerprint density at radius 2 is 1.76 bits per heavy atom. The summed E-state index contributed by atoms with van der Waals surface area (Å²) < 4.78 is 39.7. The maximum absolute atomic E-state index is 13.2. The molecule has 0 saturated carbocycles. The lowest BCUT2D eigenvalue weighted by Crippen LogP contribution is -2.15. The Labute approximate surface area is 145 Å². The third kappa shape index (κ3) is 3.41. The number of anilines is 1. The summed E-state index contributed by atoms with van der Waals surface area (Å²) in [5.74, 6) is -0.650. The van der Waals surface area contributed by atoms with Gasteiger partial charge in [0.25, 0.3) is 0 Å². The number of nitrogens with zero attached hydrogens (tertiary/aromatic N) is 2. The fraction of sp³-hybridized carbons (Fsp3) is 0.118. The zero-order valence-corrected chi connectivity index (χ0v) is 13.6. The molecular formula is C17H11ClF3N3O. The van der Waals surface area contributed by atoms with Crippen molar-refractivity contribution in [2.24, 2.45) is 0 Å².